The van der Waals surface area contributed by atoms with Crippen LogP contribution in [-0.2, 0) is 11.2 Å². The molecule has 4 nitrogen and oxygen atoms in total. The Bertz CT molecular complexity index is 637. The van der Waals surface area contributed by atoms with Gasteiger partial charge < -0.3 is 14.6 Å². The Labute approximate surface area is 136 Å². The van der Waals surface area contributed by atoms with Crippen molar-refractivity contribution in [3.8, 4) is 11.5 Å². The minimum atomic E-state index is -0.826. The molecule has 0 fully saturated rings. The zero-order valence-corrected chi connectivity index (χ0v) is 13.5. The van der Waals surface area contributed by atoms with Crippen LogP contribution in [0.25, 0.3) is 0 Å². The van der Waals surface area contributed by atoms with E-state index < -0.39 is 11.9 Å². The number of hydrogen-bond donors (Lipinski definition) is 1. The third-order valence-corrected chi connectivity index (χ3v) is 3.79. The molecule has 0 bridgehead atoms. The molecule has 1 N–H and O–H groups in total. The molecule has 0 aliphatic rings. The molecule has 0 saturated heterocycles. The molecule has 2 aromatic carbocycles. The Hall–Kier alpha value is -2.49. The summed E-state index contributed by atoms with van der Waals surface area (Å²) in [7, 11) is 1.58. The van der Waals surface area contributed by atoms with Gasteiger partial charge in [-0.15, -0.1) is 0 Å². The number of rotatable bonds is 8. The molecule has 0 aliphatic carbocycles. The SMILES string of the molecule is CCC(C(=O)O)c1ccc(OC)c(OCCc2ccccc2)c1. The molecule has 0 heterocycles. The summed E-state index contributed by atoms with van der Waals surface area (Å²) in [6, 6.07) is 15.4. The van der Waals surface area contributed by atoms with Crippen LogP contribution in [-0.4, -0.2) is 24.8 Å². The molecule has 4 heteroatoms. The lowest BCUT2D eigenvalue weighted by atomic mass is 9.96. The number of carboxylic acids is 1. The minimum absolute atomic E-state index is 0.508. The molecule has 1 atom stereocenters. The molecule has 1 unspecified atom stereocenters. The number of aliphatic carboxylic acids is 1. The summed E-state index contributed by atoms with van der Waals surface area (Å²) in [5.41, 5.74) is 1.93. The van der Waals surface area contributed by atoms with Crippen LogP contribution in [0.1, 0.15) is 30.4 Å². The van der Waals surface area contributed by atoms with Crippen LogP contribution in [0.3, 0.4) is 0 Å². The van der Waals surface area contributed by atoms with Gasteiger partial charge in [0.25, 0.3) is 0 Å². The predicted molar refractivity (Wildman–Crippen MR) is 89.3 cm³/mol. The fraction of sp³-hybridized carbons (Fsp3) is 0.316. The molecule has 0 saturated carbocycles. The molecule has 0 aliphatic heterocycles. The average molecular weight is 314 g/mol. The maximum absolute atomic E-state index is 11.3. The Morgan fingerprint density at radius 1 is 1.13 bits per heavy atom. The summed E-state index contributed by atoms with van der Waals surface area (Å²) in [5.74, 6) is -0.159. The fourth-order valence-electron chi connectivity index (χ4n) is 2.50. The third-order valence-electron chi connectivity index (χ3n) is 3.79. The highest BCUT2D eigenvalue weighted by molar-refractivity contribution is 5.76. The van der Waals surface area contributed by atoms with E-state index in [0.717, 1.165) is 12.0 Å². The smallest absolute Gasteiger partial charge is 0.310 e. The lowest BCUT2D eigenvalue weighted by molar-refractivity contribution is -0.138. The van der Waals surface area contributed by atoms with Gasteiger partial charge in [0, 0.05) is 6.42 Å². The van der Waals surface area contributed by atoms with Crippen molar-refractivity contribution in [2.75, 3.05) is 13.7 Å². The normalized spacial score (nSPS) is 11.7. The van der Waals surface area contributed by atoms with Crippen molar-refractivity contribution in [2.24, 2.45) is 0 Å². The lowest BCUT2D eigenvalue weighted by Gasteiger charge is -2.15. The first-order valence-corrected chi connectivity index (χ1v) is 7.73. The molecule has 23 heavy (non-hydrogen) atoms. The van der Waals surface area contributed by atoms with Gasteiger partial charge >= 0.3 is 5.97 Å². The van der Waals surface area contributed by atoms with E-state index >= 15 is 0 Å². The van der Waals surface area contributed by atoms with E-state index in [0.29, 0.717) is 24.5 Å². The van der Waals surface area contributed by atoms with Gasteiger partial charge in [-0.3, -0.25) is 4.79 Å². The Morgan fingerprint density at radius 3 is 2.48 bits per heavy atom. The molecule has 0 radical (unpaired) electrons. The van der Waals surface area contributed by atoms with Crippen molar-refractivity contribution in [1.82, 2.24) is 0 Å². The van der Waals surface area contributed by atoms with Crippen molar-refractivity contribution in [3.63, 3.8) is 0 Å². The molecule has 0 aromatic heterocycles. The number of carboxylic acid groups (broad SMARTS) is 1. The number of benzene rings is 2. The number of methoxy groups -OCH3 is 1. The van der Waals surface area contributed by atoms with Gasteiger partial charge in [0.2, 0.25) is 0 Å². The zero-order valence-electron chi connectivity index (χ0n) is 13.5. The fourth-order valence-corrected chi connectivity index (χ4v) is 2.50. The van der Waals surface area contributed by atoms with E-state index in [1.54, 1.807) is 25.3 Å². The van der Waals surface area contributed by atoms with Gasteiger partial charge in [0.15, 0.2) is 11.5 Å². The van der Waals surface area contributed by atoms with Gasteiger partial charge in [-0.2, -0.15) is 0 Å². The van der Waals surface area contributed by atoms with Gasteiger partial charge in [-0.25, -0.2) is 0 Å². The maximum Gasteiger partial charge on any atom is 0.310 e. The summed E-state index contributed by atoms with van der Waals surface area (Å²) in [6.45, 7) is 2.37. The molecule has 2 rings (SSSR count). The Morgan fingerprint density at radius 2 is 1.87 bits per heavy atom. The summed E-state index contributed by atoms with van der Waals surface area (Å²) >= 11 is 0. The molecule has 2 aromatic rings. The van der Waals surface area contributed by atoms with Crippen LogP contribution in [0.4, 0.5) is 0 Å². The van der Waals surface area contributed by atoms with Crippen LogP contribution in [0.5, 0.6) is 11.5 Å². The van der Waals surface area contributed by atoms with E-state index in [1.165, 1.54) is 5.56 Å². The van der Waals surface area contributed by atoms with Crippen molar-refractivity contribution in [1.29, 1.82) is 0 Å². The highest BCUT2D eigenvalue weighted by Crippen LogP contribution is 2.32. The van der Waals surface area contributed by atoms with Crippen LogP contribution >= 0.6 is 0 Å². The van der Waals surface area contributed by atoms with E-state index in [1.807, 2.05) is 25.1 Å². The highest BCUT2D eigenvalue weighted by atomic mass is 16.5. The topological polar surface area (TPSA) is 55.8 Å². The predicted octanol–water partition coefficient (Wildman–Crippen LogP) is 3.89. The maximum atomic E-state index is 11.3. The molecule has 122 valence electrons. The van der Waals surface area contributed by atoms with Crippen LogP contribution < -0.4 is 9.47 Å². The first-order valence-electron chi connectivity index (χ1n) is 7.73. The lowest BCUT2D eigenvalue weighted by Crippen LogP contribution is -2.11. The Balaban J connectivity index is 2.11. The number of ether oxygens (including phenoxy) is 2. The largest absolute Gasteiger partial charge is 0.493 e. The monoisotopic (exact) mass is 314 g/mol. The third kappa shape index (κ3) is 4.49. The molecule has 0 spiro atoms. The average Bonchev–Trinajstić information content (AvgIpc) is 2.56. The van der Waals surface area contributed by atoms with Crippen molar-refractivity contribution < 1.29 is 19.4 Å². The summed E-state index contributed by atoms with van der Waals surface area (Å²) in [4.78, 5) is 11.3. The standard InChI is InChI=1S/C19H22O4/c1-3-16(19(20)21)15-9-10-17(22-2)18(13-15)23-12-11-14-7-5-4-6-8-14/h4-10,13,16H,3,11-12H2,1-2H3,(H,20,21). The van der Waals surface area contributed by atoms with Gasteiger partial charge in [-0.05, 0) is 29.7 Å². The highest BCUT2D eigenvalue weighted by Gasteiger charge is 2.19. The summed E-state index contributed by atoms with van der Waals surface area (Å²) in [6.07, 6.45) is 1.31. The Kier molecular flexibility index (Phi) is 6.03. The second kappa shape index (κ2) is 8.22. The number of carbonyl (C=O) groups is 1. The summed E-state index contributed by atoms with van der Waals surface area (Å²) < 4.78 is 11.1. The van der Waals surface area contributed by atoms with Crippen LogP contribution in [0.2, 0.25) is 0 Å². The van der Waals surface area contributed by atoms with E-state index in [9.17, 15) is 9.90 Å². The molecular formula is C19H22O4. The summed E-state index contributed by atoms with van der Waals surface area (Å²) in [5, 5.41) is 9.30. The van der Waals surface area contributed by atoms with E-state index in [-0.39, 0.29) is 0 Å². The zero-order chi connectivity index (χ0) is 16.7. The van der Waals surface area contributed by atoms with Crippen molar-refractivity contribution >= 4 is 5.97 Å². The van der Waals surface area contributed by atoms with Crippen molar-refractivity contribution in [2.45, 2.75) is 25.7 Å². The van der Waals surface area contributed by atoms with Crippen molar-refractivity contribution in [3.05, 3.63) is 59.7 Å². The first kappa shape index (κ1) is 16.9. The molecule has 0 amide bonds. The van der Waals surface area contributed by atoms with Crippen LogP contribution in [0, 0.1) is 0 Å². The van der Waals surface area contributed by atoms with Gasteiger partial charge in [0.05, 0.1) is 19.6 Å². The van der Waals surface area contributed by atoms with Gasteiger partial charge in [-0.1, -0.05) is 43.3 Å². The van der Waals surface area contributed by atoms with Crippen LogP contribution in [0.15, 0.2) is 48.5 Å². The number of hydrogen-bond acceptors (Lipinski definition) is 3. The quantitative estimate of drug-likeness (QED) is 0.803. The molecular weight excluding hydrogens is 292 g/mol. The van der Waals surface area contributed by atoms with Gasteiger partial charge in [0.1, 0.15) is 0 Å². The van der Waals surface area contributed by atoms with E-state index in [2.05, 4.69) is 12.1 Å². The second-order valence-corrected chi connectivity index (χ2v) is 5.29. The minimum Gasteiger partial charge on any atom is -0.493 e. The van der Waals surface area contributed by atoms with E-state index in [4.69, 9.17) is 9.47 Å². The second-order valence-electron chi connectivity index (χ2n) is 5.29. The first-order chi connectivity index (χ1) is 11.2.